The number of aliphatic carboxylic acids is 1. The van der Waals surface area contributed by atoms with Crippen molar-refractivity contribution in [2.75, 3.05) is 20.5 Å². The van der Waals surface area contributed by atoms with Crippen LogP contribution in [0.3, 0.4) is 0 Å². The van der Waals surface area contributed by atoms with Gasteiger partial charge in [-0.3, -0.25) is 14.7 Å². The average Bonchev–Trinajstić information content (AvgIpc) is 2.90. The molecule has 3 aromatic rings. The van der Waals surface area contributed by atoms with Crippen molar-refractivity contribution < 1.29 is 32.1 Å². The molecule has 1 unspecified atom stereocenters. The number of hydrogen-bond donors (Lipinski definition) is 2. The molecule has 12 heteroatoms. The molecule has 206 valence electrons. The Kier molecular flexibility index (Phi) is 10.2. The zero-order valence-electron chi connectivity index (χ0n) is 21.3. The molecule has 39 heavy (non-hydrogen) atoms. The third-order valence-corrected chi connectivity index (χ3v) is 9.39. The number of carboxylic acids is 1. The monoisotopic (exact) mass is 609 g/mol. The molecule has 0 aliphatic carbocycles. The van der Waals surface area contributed by atoms with E-state index < -0.39 is 29.2 Å². The smallest absolute Gasteiger partial charge is 0.321 e. The summed E-state index contributed by atoms with van der Waals surface area (Å²) >= 11 is 12.9. The van der Waals surface area contributed by atoms with Gasteiger partial charge >= 0.3 is 13.3 Å². The second-order valence-corrected chi connectivity index (χ2v) is 13.5. The Labute approximate surface area is 237 Å². The van der Waals surface area contributed by atoms with Crippen LogP contribution in [-0.2, 0) is 36.7 Å². The van der Waals surface area contributed by atoms with Gasteiger partial charge in [0, 0.05) is 41.1 Å². The van der Waals surface area contributed by atoms with Crippen LogP contribution in [0, 0.1) is 11.6 Å². The summed E-state index contributed by atoms with van der Waals surface area (Å²) in [6, 6.07) is 14.8. The number of benzene rings is 3. The van der Waals surface area contributed by atoms with Crippen molar-refractivity contribution in [3.63, 3.8) is 0 Å². The maximum absolute atomic E-state index is 13.3. The molecular formula is C27H26Cl2NO7PS. The third-order valence-electron chi connectivity index (χ3n) is 5.73. The van der Waals surface area contributed by atoms with E-state index in [1.165, 1.54) is 38.5 Å². The fourth-order valence-electron chi connectivity index (χ4n) is 3.60. The van der Waals surface area contributed by atoms with Gasteiger partial charge in [-0.1, -0.05) is 47.3 Å². The van der Waals surface area contributed by atoms with Crippen LogP contribution in [0.5, 0.6) is 5.75 Å². The lowest BCUT2D eigenvalue weighted by molar-refractivity contribution is -0.139. The van der Waals surface area contributed by atoms with Crippen molar-refractivity contribution in [3.05, 3.63) is 87.4 Å². The highest BCUT2D eigenvalue weighted by Gasteiger charge is 2.23. The summed E-state index contributed by atoms with van der Waals surface area (Å²) in [5, 5.41) is 13.5. The summed E-state index contributed by atoms with van der Waals surface area (Å²) in [4.78, 5) is 12.0. The van der Waals surface area contributed by atoms with E-state index >= 15 is 0 Å². The van der Waals surface area contributed by atoms with Crippen molar-refractivity contribution in [3.8, 4) is 17.3 Å². The highest BCUT2D eigenvalue weighted by atomic mass is 35.5. The van der Waals surface area contributed by atoms with Gasteiger partial charge in [0.05, 0.1) is 17.3 Å². The molecule has 0 aliphatic heterocycles. The minimum atomic E-state index is -3.53. The van der Waals surface area contributed by atoms with Gasteiger partial charge in [-0.05, 0) is 60.1 Å². The zero-order chi connectivity index (χ0) is 28.8. The first kappa shape index (κ1) is 30.7. The molecule has 0 aromatic heterocycles. The lowest BCUT2D eigenvalue weighted by Gasteiger charge is -2.16. The van der Waals surface area contributed by atoms with Gasteiger partial charge in [0.15, 0.2) is 9.84 Å². The quantitative estimate of drug-likeness (QED) is 0.250. The number of hydrogen-bond acceptors (Lipinski definition) is 7. The summed E-state index contributed by atoms with van der Waals surface area (Å²) < 4.78 is 47.4. The van der Waals surface area contributed by atoms with Crippen molar-refractivity contribution in [2.24, 2.45) is 0 Å². The standard InChI is InChI=1S/C27H26Cl2NO7PS/c1-36-20-7-5-8-21(16-20)38(33,37-2)11-10-19-13-24(28)23(25(29)14-19)17-30-26(27(31)32)15-18-6-4-9-22(12-18)39(3,34)35/h4-9,12-14,16,26,30H,15,17H2,1-3H3,(H,31,32)/t26-,38?/m0/s1. The highest BCUT2D eigenvalue weighted by Crippen LogP contribution is 2.44. The maximum Gasteiger partial charge on any atom is 0.321 e. The fourth-order valence-corrected chi connectivity index (χ4v) is 6.20. The van der Waals surface area contributed by atoms with Crippen molar-refractivity contribution >= 4 is 51.7 Å². The van der Waals surface area contributed by atoms with E-state index in [0.29, 0.717) is 27.7 Å². The van der Waals surface area contributed by atoms with E-state index in [1.54, 1.807) is 36.4 Å². The molecule has 3 rings (SSSR count). The van der Waals surface area contributed by atoms with Gasteiger partial charge in [0.1, 0.15) is 11.8 Å². The Bertz CT molecular complexity index is 1580. The Morgan fingerprint density at radius 3 is 2.33 bits per heavy atom. The molecule has 3 aromatic carbocycles. The SMILES string of the molecule is COc1cccc(P(=O)(C#Cc2cc(Cl)c(CN[C@@H](Cc3cccc(S(C)(=O)=O)c3)C(=O)O)c(Cl)c2)OC)c1. The zero-order valence-corrected chi connectivity index (χ0v) is 24.5. The number of nitrogens with one attached hydrogen (secondary N) is 1. The summed E-state index contributed by atoms with van der Waals surface area (Å²) in [6.07, 6.45) is 1.12. The lowest BCUT2D eigenvalue weighted by Crippen LogP contribution is -2.38. The second kappa shape index (κ2) is 13.0. The molecule has 0 radical (unpaired) electrons. The Balaban J connectivity index is 1.80. The number of halogens is 2. The summed E-state index contributed by atoms with van der Waals surface area (Å²) in [7, 11) is -4.16. The van der Waals surface area contributed by atoms with Gasteiger partial charge in [0.2, 0.25) is 0 Å². The number of ether oxygens (including phenoxy) is 1. The lowest BCUT2D eigenvalue weighted by atomic mass is 10.1. The predicted molar refractivity (Wildman–Crippen MR) is 152 cm³/mol. The van der Waals surface area contributed by atoms with E-state index in [0.717, 1.165) is 6.26 Å². The van der Waals surface area contributed by atoms with Crippen LogP contribution in [0.2, 0.25) is 10.0 Å². The van der Waals surface area contributed by atoms with Crippen LogP contribution in [0.4, 0.5) is 0 Å². The molecule has 0 amide bonds. The van der Waals surface area contributed by atoms with Crippen molar-refractivity contribution in [1.29, 1.82) is 0 Å². The molecule has 0 bridgehead atoms. The molecule has 0 fully saturated rings. The van der Waals surface area contributed by atoms with E-state index in [2.05, 4.69) is 16.9 Å². The first-order valence-electron chi connectivity index (χ1n) is 11.4. The van der Waals surface area contributed by atoms with Crippen molar-refractivity contribution in [2.45, 2.75) is 23.9 Å². The number of methoxy groups -OCH3 is 1. The molecule has 0 saturated carbocycles. The Morgan fingerprint density at radius 2 is 1.74 bits per heavy atom. The third kappa shape index (κ3) is 8.09. The summed E-state index contributed by atoms with van der Waals surface area (Å²) in [5.41, 5.74) is 4.06. The van der Waals surface area contributed by atoms with Gasteiger partial charge in [0.25, 0.3) is 0 Å². The Hall–Kier alpha value is -2.83. The largest absolute Gasteiger partial charge is 0.497 e. The fraction of sp³-hybridized carbons (Fsp3) is 0.222. The van der Waals surface area contributed by atoms with Gasteiger partial charge in [-0.15, -0.1) is 0 Å². The predicted octanol–water partition coefficient (Wildman–Crippen LogP) is 4.75. The van der Waals surface area contributed by atoms with Gasteiger partial charge in [-0.2, -0.15) is 0 Å². The van der Waals surface area contributed by atoms with E-state index in [9.17, 15) is 22.9 Å². The number of carbonyl (C=O) groups is 1. The molecule has 0 aliphatic rings. The van der Waals surface area contributed by atoms with E-state index in [4.69, 9.17) is 32.5 Å². The molecule has 8 nitrogen and oxygen atoms in total. The molecule has 2 atom stereocenters. The maximum atomic E-state index is 13.3. The number of sulfone groups is 1. The minimum Gasteiger partial charge on any atom is -0.497 e. The number of rotatable bonds is 10. The van der Waals surface area contributed by atoms with E-state index in [-0.39, 0.29) is 27.9 Å². The van der Waals surface area contributed by atoms with Crippen LogP contribution in [0.1, 0.15) is 16.7 Å². The summed E-state index contributed by atoms with van der Waals surface area (Å²) in [5.74, 6) is 2.19. The molecule has 0 heterocycles. The van der Waals surface area contributed by atoms with Crippen LogP contribution < -0.4 is 15.4 Å². The van der Waals surface area contributed by atoms with Gasteiger partial charge < -0.3 is 14.4 Å². The number of carboxylic acid groups (broad SMARTS) is 1. The minimum absolute atomic E-state index is 0.0223. The summed E-state index contributed by atoms with van der Waals surface area (Å²) in [6.45, 7) is 0.0223. The molecular weight excluding hydrogens is 584 g/mol. The van der Waals surface area contributed by atoms with Gasteiger partial charge in [-0.25, -0.2) is 8.42 Å². The van der Waals surface area contributed by atoms with Crippen LogP contribution in [0.25, 0.3) is 0 Å². The van der Waals surface area contributed by atoms with E-state index in [1.807, 2.05) is 0 Å². The molecule has 0 spiro atoms. The van der Waals surface area contributed by atoms with Crippen LogP contribution in [0.15, 0.2) is 65.6 Å². The average molecular weight is 610 g/mol. The van der Waals surface area contributed by atoms with Crippen molar-refractivity contribution in [1.82, 2.24) is 5.32 Å². The normalized spacial score (nSPS) is 13.6. The molecule has 0 saturated heterocycles. The second-order valence-electron chi connectivity index (χ2n) is 8.49. The van der Waals surface area contributed by atoms with Crippen LogP contribution in [-0.4, -0.2) is 46.0 Å². The first-order valence-corrected chi connectivity index (χ1v) is 15.7. The molecule has 2 N–H and O–H groups in total. The Morgan fingerprint density at radius 1 is 1.08 bits per heavy atom. The first-order chi connectivity index (χ1) is 18.4. The van der Waals surface area contributed by atoms with Crippen LogP contribution >= 0.6 is 30.6 Å². The highest BCUT2D eigenvalue weighted by molar-refractivity contribution is 7.90. The topological polar surface area (TPSA) is 119 Å².